The number of hydrogen-bond donors (Lipinski definition) is 1. The Kier molecular flexibility index (Phi) is 51.2. The second-order valence-corrected chi connectivity index (χ2v) is 0.0816. The molecular weight excluding hydrogens is 238 g/mol. The minimum absolute atomic E-state index is 0. The molecule has 1 radical (unpaired) electrons. The molecule has 0 spiro atoms. The summed E-state index contributed by atoms with van der Waals surface area (Å²) in [5.74, 6) is 0. The molecule has 0 saturated heterocycles. The van der Waals surface area contributed by atoms with Crippen LogP contribution >= 0.6 is 0 Å². The molecular formula is H3CaEuNO2. The molecule has 0 heterocycles. The smallest absolute Gasteiger partial charge is 1.00 e. The fraction of sp³-hybridized carbons (Fsp3) is 0. The van der Waals surface area contributed by atoms with E-state index in [1.807, 2.05) is 0 Å². The maximum absolute atomic E-state index is 8.11. The van der Waals surface area contributed by atoms with Crippen molar-refractivity contribution in [3.63, 3.8) is 0 Å². The summed E-state index contributed by atoms with van der Waals surface area (Å²) in [5.41, 5.74) is 0. The molecule has 0 fully saturated rings. The quantitative estimate of drug-likeness (QED) is 0.368. The topological polar surface area (TPSA) is 49.7 Å². The Balaban J connectivity index is -0.00000000333. The van der Waals surface area contributed by atoms with Crippen molar-refractivity contribution in [2.24, 2.45) is 5.34 Å². The van der Waals surface area contributed by atoms with Crippen LogP contribution in [0.3, 0.4) is 0 Å². The first-order valence-electron chi connectivity index (χ1n) is 0.383. The fourth-order valence-electron chi connectivity index (χ4n) is 0. The first-order chi connectivity index (χ1) is 1.41. The van der Waals surface area contributed by atoms with E-state index in [9.17, 15) is 0 Å². The van der Waals surface area contributed by atoms with Gasteiger partial charge in [0.15, 0.2) is 5.34 Å². The van der Waals surface area contributed by atoms with E-state index in [1.165, 1.54) is 5.34 Å². The van der Waals surface area contributed by atoms with Gasteiger partial charge in [0, 0.05) is 49.4 Å². The molecule has 0 bridgehead atoms. The molecule has 0 unspecified atom stereocenters. The van der Waals surface area contributed by atoms with Gasteiger partial charge in [0.25, 0.3) is 0 Å². The molecule has 5 heavy (non-hydrogen) atoms. The molecule has 0 aliphatic rings. The van der Waals surface area contributed by atoms with E-state index in [4.69, 9.17) is 10.1 Å². The van der Waals surface area contributed by atoms with E-state index < -0.39 is 0 Å². The van der Waals surface area contributed by atoms with Gasteiger partial charge in [-0.3, -0.25) is 0 Å². The Labute approximate surface area is 103 Å². The zero-order valence-electron chi connectivity index (χ0n) is 4.39. The second-order valence-electron chi connectivity index (χ2n) is 0.0816. The van der Waals surface area contributed by atoms with Crippen molar-refractivity contribution in [3.05, 3.63) is 4.91 Å². The first-order valence-corrected chi connectivity index (χ1v) is 0.383. The van der Waals surface area contributed by atoms with Gasteiger partial charge in [0.2, 0.25) is 0 Å². The first kappa shape index (κ1) is 15.7. The van der Waals surface area contributed by atoms with Crippen LogP contribution in [-0.4, -0.2) is 42.9 Å². The standard InChI is InChI=1S/Ca.Eu.HNO2.2H/c;;2-1-3;;/h;;(H,2,3);;/q+2;;;2*-1. The van der Waals surface area contributed by atoms with Crippen molar-refractivity contribution in [2.75, 3.05) is 0 Å². The zero-order chi connectivity index (χ0) is 2.71. The van der Waals surface area contributed by atoms with Gasteiger partial charge < -0.3 is 8.06 Å². The number of nitrogens with zero attached hydrogens (tertiary/aromatic N) is 1. The van der Waals surface area contributed by atoms with Crippen LogP contribution in [0.25, 0.3) is 0 Å². The third-order valence-corrected chi connectivity index (χ3v) is 0. The summed E-state index contributed by atoms with van der Waals surface area (Å²) in [6.07, 6.45) is 0. The van der Waals surface area contributed by atoms with Crippen molar-refractivity contribution in [1.29, 1.82) is 0 Å². The Bertz CT molecular complexity index is 23.2. The predicted molar refractivity (Wildman–Crippen MR) is 15.6 cm³/mol. The van der Waals surface area contributed by atoms with Gasteiger partial charge in [-0.1, -0.05) is 0 Å². The average molecular weight is 241 g/mol. The maximum Gasteiger partial charge on any atom is 2.00 e. The molecule has 0 atom stereocenters. The summed E-state index contributed by atoms with van der Waals surface area (Å²) in [6, 6.07) is 0. The van der Waals surface area contributed by atoms with Crippen LogP contribution in [-0.2, 0) is 0 Å². The zero-order valence-corrected chi connectivity index (χ0v) is 7.02. The van der Waals surface area contributed by atoms with E-state index in [0.29, 0.717) is 0 Å². The van der Waals surface area contributed by atoms with Gasteiger partial charge in [-0.2, -0.15) is 0 Å². The third kappa shape index (κ3) is 22.3. The van der Waals surface area contributed by atoms with E-state index in [-0.39, 0.29) is 90.0 Å². The molecule has 0 saturated carbocycles. The molecule has 5 heteroatoms. The summed E-state index contributed by atoms with van der Waals surface area (Å²) in [6.45, 7) is 0. The van der Waals surface area contributed by atoms with E-state index in [0.717, 1.165) is 0 Å². The molecule has 0 aromatic carbocycles. The Hall–Kier alpha value is 2.24. The molecule has 0 rings (SSSR count). The minimum atomic E-state index is 0. The van der Waals surface area contributed by atoms with Gasteiger partial charge in [-0.05, 0) is 0 Å². The molecule has 0 amide bonds. The van der Waals surface area contributed by atoms with Gasteiger partial charge in [0.05, 0.1) is 0 Å². The molecule has 0 aliphatic heterocycles. The summed E-state index contributed by atoms with van der Waals surface area (Å²) in [7, 11) is 0. The largest absolute Gasteiger partial charge is 2.00 e. The monoisotopic (exact) mass is 242 g/mol. The summed E-state index contributed by atoms with van der Waals surface area (Å²) in [5, 5.41) is 7.89. The SMILES string of the molecule is O=NO.[Ca+2].[Eu].[H-].[H-]. The molecule has 3 nitrogen and oxygen atoms in total. The predicted octanol–water partition coefficient (Wildman–Crippen LogP) is -0.0138. The van der Waals surface area contributed by atoms with Gasteiger partial charge in [-0.15, -0.1) is 4.91 Å². The van der Waals surface area contributed by atoms with E-state index in [1.54, 1.807) is 0 Å². The normalized spacial score (nSPS) is 2.40. The molecule has 0 aliphatic carbocycles. The molecule has 0 aromatic heterocycles. The van der Waals surface area contributed by atoms with Crippen LogP contribution in [0.2, 0.25) is 0 Å². The van der Waals surface area contributed by atoms with Crippen molar-refractivity contribution >= 4 is 37.7 Å². The van der Waals surface area contributed by atoms with E-state index in [2.05, 4.69) is 0 Å². The fourth-order valence-corrected chi connectivity index (χ4v) is 0. The van der Waals surface area contributed by atoms with E-state index >= 15 is 0 Å². The molecule has 1 N–H and O–H groups in total. The van der Waals surface area contributed by atoms with Crippen LogP contribution in [0.4, 0.5) is 0 Å². The van der Waals surface area contributed by atoms with Gasteiger partial charge in [0.1, 0.15) is 0 Å². The van der Waals surface area contributed by atoms with Crippen molar-refractivity contribution in [2.45, 2.75) is 0 Å². The van der Waals surface area contributed by atoms with Crippen molar-refractivity contribution < 1.29 is 57.4 Å². The van der Waals surface area contributed by atoms with Crippen LogP contribution < -0.4 is 0 Å². The van der Waals surface area contributed by atoms with Crippen LogP contribution in [0.1, 0.15) is 2.85 Å². The van der Waals surface area contributed by atoms with Crippen LogP contribution in [0.15, 0.2) is 5.34 Å². The molecule has 29 valence electrons. The number of hydrogen-bond acceptors (Lipinski definition) is 2. The summed E-state index contributed by atoms with van der Waals surface area (Å²) < 4.78 is 0. The minimum Gasteiger partial charge on any atom is -1.00 e. The maximum atomic E-state index is 8.11. The van der Waals surface area contributed by atoms with Gasteiger partial charge in [-0.25, -0.2) is 0 Å². The van der Waals surface area contributed by atoms with Gasteiger partial charge >= 0.3 is 37.7 Å². The van der Waals surface area contributed by atoms with Crippen LogP contribution in [0, 0.1) is 54.3 Å². The number of rotatable bonds is 0. The second kappa shape index (κ2) is 16.3. The third-order valence-electron chi connectivity index (χ3n) is 0. The average Bonchev–Trinajstić information content (AvgIpc) is 0.918. The summed E-state index contributed by atoms with van der Waals surface area (Å²) in [4.78, 5) is 8.11. The van der Waals surface area contributed by atoms with Crippen LogP contribution in [0.5, 0.6) is 0 Å². The van der Waals surface area contributed by atoms with Crippen molar-refractivity contribution in [3.8, 4) is 0 Å². The Morgan fingerprint density at radius 2 is 1.80 bits per heavy atom. The Morgan fingerprint density at radius 3 is 1.80 bits per heavy atom. The summed E-state index contributed by atoms with van der Waals surface area (Å²) >= 11 is 0. The molecule has 0 aromatic rings. The Morgan fingerprint density at radius 1 is 1.80 bits per heavy atom. The van der Waals surface area contributed by atoms with Crippen molar-refractivity contribution in [1.82, 2.24) is 0 Å².